The fourth-order valence-corrected chi connectivity index (χ4v) is 4.49. The lowest BCUT2D eigenvalue weighted by Crippen LogP contribution is -2.38. The number of phenols is 1. The summed E-state index contributed by atoms with van der Waals surface area (Å²) in [4.78, 5) is 31.4. The summed E-state index contributed by atoms with van der Waals surface area (Å²) in [5.74, 6) is 0.195. The molecule has 1 aliphatic rings. The topological polar surface area (TPSA) is 98.2 Å². The number of pyridine rings is 1. The van der Waals surface area contributed by atoms with Crippen molar-refractivity contribution in [3.05, 3.63) is 52.2 Å². The fraction of sp³-hybridized carbons (Fsp3) is 0.500. The van der Waals surface area contributed by atoms with Crippen molar-refractivity contribution in [3.8, 4) is 5.75 Å². The Morgan fingerprint density at radius 2 is 1.82 bits per heavy atom. The van der Waals surface area contributed by atoms with Crippen molar-refractivity contribution in [2.45, 2.75) is 66.5 Å². The molecule has 0 saturated heterocycles. The van der Waals surface area contributed by atoms with E-state index in [1.165, 1.54) is 14.2 Å². The van der Waals surface area contributed by atoms with Gasteiger partial charge in [0.2, 0.25) is 0 Å². The Morgan fingerprint density at radius 1 is 1.13 bits per heavy atom. The SMILES string of the molecule is CC.CC.CCc1c2c(nc3ccc(O)cc13)/C(=C/C(=C(\C=O)COC)C(C=O)(CC)OCOC)N(C)C2. The molecule has 0 spiro atoms. The molecular weight excluding hydrogens is 484 g/mol. The summed E-state index contributed by atoms with van der Waals surface area (Å²) >= 11 is 0. The van der Waals surface area contributed by atoms with E-state index in [9.17, 15) is 14.7 Å². The van der Waals surface area contributed by atoms with Gasteiger partial charge in [-0.05, 0) is 42.7 Å². The van der Waals surface area contributed by atoms with Crippen LogP contribution in [-0.2, 0) is 36.8 Å². The number of hydrogen-bond acceptors (Lipinski definition) is 8. The number of carbonyl (C=O) groups excluding carboxylic acids is 2. The number of fused-ring (bicyclic) bond motifs is 2. The van der Waals surface area contributed by atoms with Gasteiger partial charge in [-0.2, -0.15) is 0 Å². The number of hydrogen-bond donors (Lipinski definition) is 1. The van der Waals surface area contributed by atoms with Crippen LogP contribution in [0.2, 0.25) is 0 Å². The number of methoxy groups -OCH3 is 2. The van der Waals surface area contributed by atoms with Crippen molar-refractivity contribution in [1.29, 1.82) is 0 Å². The Hall–Kier alpha value is -3.07. The van der Waals surface area contributed by atoms with Gasteiger partial charge in [0.25, 0.3) is 0 Å². The molecule has 0 saturated carbocycles. The Balaban J connectivity index is 0.00000172. The normalized spacial score (nSPS) is 15.5. The van der Waals surface area contributed by atoms with Gasteiger partial charge in [-0.25, -0.2) is 4.98 Å². The standard InChI is InChI=1S/C26H32N2O6.2C2H6/c1-6-19-20-10-18(31)8-9-23(20)27-25-21(19)12-28(3)24(25)11-22(17(13-29)14-32-4)26(7-2,15-30)34-16-33-5;2*1-2/h8-11,13,15,31H,6-7,12,14,16H2,1-5H3;2*1-2H3/b22-17-,24-11-;;. The number of phenolic OH excluding ortho intramolecular Hbond substituents is 1. The molecule has 8 nitrogen and oxygen atoms in total. The molecule has 0 fully saturated rings. The van der Waals surface area contributed by atoms with Gasteiger partial charge >= 0.3 is 0 Å². The minimum atomic E-state index is -1.39. The van der Waals surface area contributed by atoms with Crippen LogP contribution in [0.5, 0.6) is 5.75 Å². The molecule has 1 aromatic carbocycles. The number of aromatic nitrogens is 1. The largest absolute Gasteiger partial charge is 0.508 e. The van der Waals surface area contributed by atoms with E-state index in [4.69, 9.17) is 19.2 Å². The van der Waals surface area contributed by atoms with Crippen LogP contribution in [0, 0.1) is 0 Å². The molecule has 1 unspecified atom stereocenters. The Morgan fingerprint density at radius 3 is 2.34 bits per heavy atom. The number of aryl methyl sites for hydroxylation is 1. The van der Waals surface area contributed by atoms with Crippen LogP contribution in [0.25, 0.3) is 16.6 Å². The van der Waals surface area contributed by atoms with Crippen LogP contribution >= 0.6 is 0 Å². The van der Waals surface area contributed by atoms with E-state index in [0.29, 0.717) is 36.7 Å². The van der Waals surface area contributed by atoms with Crippen molar-refractivity contribution >= 4 is 29.2 Å². The van der Waals surface area contributed by atoms with Gasteiger partial charge in [-0.1, -0.05) is 41.5 Å². The third-order valence-corrected chi connectivity index (χ3v) is 6.27. The van der Waals surface area contributed by atoms with Crippen molar-refractivity contribution in [2.75, 3.05) is 34.7 Å². The highest BCUT2D eigenvalue weighted by Gasteiger charge is 2.37. The van der Waals surface area contributed by atoms with Gasteiger partial charge in [0.15, 0.2) is 11.9 Å². The molecule has 2 aromatic rings. The molecule has 0 radical (unpaired) electrons. The summed E-state index contributed by atoms with van der Waals surface area (Å²) in [5, 5.41) is 10.9. The van der Waals surface area contributed by atoms with E-state index in [-0.39, 0.29) is 19.1 Å². The van der Waals surface area contributed by atoms with E-state index in [2.05, 4.69) is 6.92 Å². The third kappa shape index (κ3) is 6.87. The first-order valence-corrected chi connectivity index (χ1v) is 13.2. The van der Waals surface area contributed by atoms with Crippen LogP contribution in [0.4, 0.5) is 0 Å². The van der Waals surface area contributed by atoms with Crippen molar-refractivity contribution in [2.24, 2.45) is 0 Å². The molecule has 1 aromatic heterocycles. The van der Waals surface area contributed by atoms with Gasteiger partial charge < -0.3 is 24.2 Å². The number of benzene rings is 1. The minimum absolute atomic E-state index is 0.0236. The molecule has 0 aliphatic carbocycles. The number of aldehydes is 2. The molecule has 0 bridgehead atoms. The Kier molecular flexibility index (Phi) is 13.9. The number of aromatic hydroxyl groups is 1. The first-order valence-electron chi connectivity index (χ1n) is 13.2. The second-order valence-corrected chi connectivity index (χ2v) is 8.26. The van der Waals surface area contributed by atoms with E-state index < -0.39 is 5.60 Å². The molecular formula is C30H44N2O6. The molecule has 1 N–H and O–H groups in total. The van der Waals surface area contributed by atoms with Crippen LogP contribution in [-0.4, -0.2) is 67.8 Å². The van der Waals surface area contributed by atoms with Gasteiger partial charge in [0, 0.05) is 49.9 Å². The fourth-order valence-electron chi connectivity index (χ4n) is 4.49. The summed E-state index contributed by atoms with van der Waals surface area (Å²) in [6.45, 7) is 12.4. The first kappa shape index (κ1) is 33.0. The van der Waals surface area contributed by atoms with Crippen molar-refractivity contribution in [3.63, 3.8) is 0 Å². The second kappa shape index (κ2) is 16.0. The Labute approximate surface area is 227 Å². The van der Waals surface area contributed by atoms with Gasteiger partial charge in [-0.15, -0.1) is 0 Å². The lowest BCUT2D eigenvalue weighted by molar-refractivity contribution is -0.143. The molecule has 3 rings (SSSR count). The summed E-state index contributed by atoms with van der Waals surface area (Å²) < 4.78 is 16.2. The summed E-state index contributed by atoms with van der Waals surface area (Å²) in [6, 6.07) is 5.15. The molecule has 0 amide bonds. The number of nitrogens with zero attached hydrogens (tertiary/aromatic N) is 2. The van der Waals surface area contributed by atoms with E-state index >= 15 is 0 Å². The lowest BCUT2D eigenvalue weighted by atomic mass is 9.87. The zero-order valence-corrected chi connectivity index (χ0v) is 24.4. The molecule has 1 aliphatic heterocycles. The van der Waals surface area contributed by atoms with Crippen molar-refractivity contribution < 1.29 is 28.9 Å². The summed E-state index contributed by atoms with van der Waals surface area (Å²) in [5.41, 5.74) is 3.81. The van der Waals surface area contributed by atoms with E-state index in [1.54, 1.807) is 24.3 Å². The maximum Gasteiger partial charge on any atom is 0.156 e. The third-order valence-electron chi connectivity index (χ3n) is 6.27. The zero-order valence-electron chi connectivity index (χ0n) is 24.4. The number of carbonyl (C=O) groups is 2. The van der Waals surface area contributed by atoms with Crippen LogP contribution in [0.15, 0.2) is 35.4 Å². The van der Waals surface area contributed by atoms with Crippen LogP contribution < -0.4 is 0 Å². The van der Waals surface area contributed by atoms with Gasteiger partial charge in [0.1, 0.15) is 18.8 Å². The molecule has 1 atom stereocenters. The zero-order chi connectivity index (χ0) is 28.9. The van der Waals surface area contributed by atoms with E-state index in [0.717, 1.165) is 39.8 Å². The highest BCUT2D eigenvalue weighted by Crippen LogP contribution is 2.39. The highest BCUT2D eigenvalue weighted by atomic mass is 16.7. The average molecular weight is 529 g/mol. The summed E-state index contributed by atoms with van der Waals surface area (Å²) in [7, 11) is 4.91. The van der Waals surface area contributed by atoms with Crippen LogP contribution in [0.1, 0.15) is 64.8 Å². The predicted molar refractivity (Wildman–Crippen MR) is 152 cm³/mol. The van der Waals surface area contributed by atoms with Gasteiger partial charge in [-0.3, -0.25) is 9.59 Å². The number of ether oxygens (including phenoxy) is 3. The van der Waals surface area contributed by atoms with Crippen LogP contribution in [0.3, 0.4) is 0 Å². The van der Waals surface area contributed by atoms with E-state index in [1.807, 2.05) is 46.6 Å². The minimum Gasteiger partial charge on any atom is -0.508 e. The molecule has 2 heterocycles. The molecule has 38 heavy (non-hydrogen) atoms. The average Bonchev–Trinajstić information content (AvgIpc) is 3.26. The van der Waals surface area contributed by atoms with Crippen molar-refractivity contribution in [1.82, 2.24) is 9.88 Å². The summed E-state index contributed by atoms with van der Waals surface area (Å²) in [6.07, 6.45) is 4.27. The predicted octanol–water partition coefficient (Wildman–Crippen LogP) is 5.45. The van der Waals surface area contributed by atoms with Gasteiger partial charge in [0.05, 0.1) is 23.5 Å². The maximum absolute atomic E-state index is 12.4. The lowest BCUT2D eigenvalue weighted by Gasteiger charge is -2.30. The second-order valence-electron chi connectivity index (χ2n) is 8.26. The number of rotatable bonds is 11. The quantitative estimate of drug-likeness (QED) is 0.234. The first-order chi connectivity index (χ1) is 18.4. The monoisotopic (exact) mass is 528 g/mol. The maximum atomic E-state index is 12.4. The molecule has 8 heteroatoms. The Bertz CT molecular complexity index is 1140. The smallest absolute Gasteiger partial charge is 0.156 e. The highest BCUT2D eigenvalue weighted by molar-refractivity contribution is 5.90. The molecule has 210 valence electrons.